The van der Waals surface area contributed by atoms with Gasteiger partial charge in [0, 0.05) is 25.2 Å². The molecule has 29 heavy (non-hydrogen) atoms. The molecule has 0 aliphatic carbocycles. The van der Waals surface area contributed by atoms with E-state index >= 15 is 0 Å². The number of ether oxygens (including phenoxy) is 2. The zero-order valence-electron chi connectivity index (χ0n) is 16.5. The van der Waals surface area contributed by atoms with Gasteiger partial charge >= 0.3 is 0 Å². The van der Waals surface area contributed by atoms with Crippen LogP contribution in [0.1, 0.15) is 13.3 Å². The minimum absolute atomic E-state index is 0.110. The number of hydrogen-bond acceptors (Lipinski definition) is 6. The monoisotopic (exact) mass is 413 g/mol. The van der Waals surface area contributed by atoms with Crippen LogP contribution in [-0.4, -0.2) is 47.9 Å². The van der Waals surface area contributed by atoms with Crippen molar-refractivity contribution >= 4 is 40.1 Å². The Hall–Kier alpha value is -3.00. The molecular formula is C21H23N3O4S. The molecule has 1 aliphatic rings. The van der Waals surface area contributed by atoms with Crippen LogP contribution >= 0.6 is 11.8 Å². The molecule has 1 fully saturated rings. The largest absolute Gasteiger partial charge is 0.497 e. The third-order valence-electron chi connectivity index (χ3n) is 4.27. The summed E-state index contributed by atoms with van der Waals surface area (Å²) in [6.45, 7) is 2.51. The number of aliphatic imine (C=N–C) groups is 1. The molecule has 2 amide bonds. The zero-order chi connectivity index (χ0) is 20.8. The van der Waals surface area contributed by atoms with E-state index in [4.69, 9.17) is 9.47 Å². The molecule has 8 heteroatoms. The molecule has 1 atom stereocenters. The minimum Gasteiger partial charge on any atom is -0.497 e. The van der Waals surface area contributed by atoms with E-state index in [0.717, 1.165) is 5.75 Å². The number of amides is 2. The first kappa shape index (κ1) is 20.7. The maximum atomic E-state index is 12.7. The zero-order valence-corrected chi connectivity index (χ0v) is 17.4. The Bertz CT molecular complexity index is 914. The predicted octanol–water partition coefficient (Wildman–Crippen LogP) is 3.68. The number of rotatable bonds is 6. The molecular weight excluding hydrogens is 390 g/mol. The Labute approximate surface area is 174 Å². The van der Waals surface area contributed by atoms with E-state index in [1.165, 1.54) is 16.7 Å². The van der Waals surface area contributed by atoms with Gasteiger partial charge in [0.25, 0.3) is 0 Å². The summed E-state index contributed by atoms with van der Waals surface area (Å²) >= 11 is 1.27. The Balaban J connectivity index is 1.74. The van der Waals surface area contributed by atoms with Gasteiger partial charge in [-0.15, -0.1) is 0 Å². The molecule has 1 N–H and O–H groups in total. The second-order valence-electron chi connectivity index (χ2n) is 6.31. The van der Waals surface area contributed by atoms with E-state index in [0.29, 0.717) is 28.9 Å². The summed E-state index contributed by atoms with van der Waals surface area (Å²) in [4.78, 5) is 31.2. The maximum Gasteiger partial charge on any atom is 0.238 e. The van der Waals surface area contributed by atoms with Crippen molar-refractivity contribution in [3.05, 3.63) is 48.5 Å². The number of methoxy groups -OCH3 is 1. The number of amidine groups is 1. The van der Waals surface area contributed by atoms with Gasteiger partial charge in [-0.3, -0.25) is 14.5 Å². The first-order chi connectivity index (χ1) is 14.0. The van der Waals surface area contributed by atoms with Gasteiger partial charge in [-0.1, -0.05) is 17.8 Å². The second kappa shape index (κ2) is 9.47. The molecule has 0 spiro atoms. The van der Waals surface area contributed by atoms with Crippen LogP contribution in [0.3, 0.4) is 0 Å². The van der Waals surface area contributed by atoms with E-state index in [-0.39, 0.29) is 18.2 Å². The fourth-order valence-corrected chi connectivity index (χ4v) is 3.78. The van der Waals surface area contributed by atoms with E-state index < -0.39 is 5.25 Å². The van der Waals surface area contributed by atoms with Gasteiger partial charge in [0.2, 0.25) is 11.8 Å². The van der Waals surface area contributed by atoms with E-state index in [2.05, 4.69) is 10.3 Å². The number of carbonyl (C=O) groups is 2. The normalized spacial score (nSPS) is 17.9. The molecule has 2 aromatic rings. The average molecular weight is 413 g/mol. The quantitative estimate of drug-likeness (QED) is 0.781. The van der Waals surface area contributed by atoms with Gasteiger partial charge in [-0.2, -0.15) is 0 Å². The number of nitrogens with one attached hydrogen (secondary N) is 1. The van der Waals surface area contributed by atoms with E-state index in [1.54, 1.807) is 38.4 Å². The van der Waals surface area contributed by atoms with Crippen molar-refractivity contribution in [3.8, 4) is 11.5 Å². The van der Waals surface area contributed by atoms with Crippen molar-refractivity contribution in [2.24, 2.45) is 4.99 Å². The smallest absolute Gasteiger partial charge is 0.238 e. The highest BCUT2D eigenvalue weighted by Crippen LogP contribution is 2.30. The van der Waals surface area contributed by atoms with Gasteiger partial charge < -0.3 is 14.8 Å². The number of thioether (sulfide) groups is 1. The SMILES string of the molecule is CCOc1ccc(N=C2SC(C(=O)Nc3cccc(OC)c3)CC(=O)N2C)cc1. The third kappa shape index (κ3) is 5.29. The van der Waals surface area contributed by atoms with Crippen LogP contribution in [0, 0.1) is 0 Å². The van der Waals surface area contributed by atoms with Crippen molar-refractivity contribution in [1.29, 1.82) is 0 Å². The van der Waals surface area contributed by atoms with Crippen molar-refractivity contribution < 1.29 is 19.1 Å². The van der Waals surface area contributed by atoms with Crippen LogP contribution in [0.5, 0.6) is 11.5 Å². The Morgan fingerprint density at radius 3 is 2.69 bits per heavy atom. The summed E-state index contributed by atoms with van der Waals surface area (Å²) in [5.41, 5.74) is 1.30. The minimum atomic E-state index is -0.564. The highest BCUT2D eigenvalue weighted by atomic mass is 32.2. The summed E-state index contributed by atoms with van der Waals surface area (Å²) in [5, 5.41) is 2.76. The molecule has 7 nitrogen and oxygen atoms in total. The lowest BCUT2D eigenvalue weighted by Crippen LogP contribution is -2.43. The van der Waals surface area contributed by atoms with Crippen molar-refractivity contribution in [2.45, 2.75) is 18.6 Å². The van der Waals surface area contributed by atoms with Gasteiger partial charge in [-0.25, -0.2) is 4.99 Å². The summed E-state index contributed by atoms with van der Waals surface area (Å²) in [5.74, 6) is 1.00. The van der Waals surface area contributed by atoms with Crippen LogP contribution in [0.2, 0.25) is 0 Å². The van der Waals surface area contributed by atoms with Crippen LogP contribution in [0.4, 0.5) is 11.4 Å². The number of benzene rings is 2. The van der Waals surface area contributed by atoms with E-state index in [1.807, 2.05) is 31.2 Å². The summed E-state index contributed by atoms with van der Waals surface area (Å²) < 4.78 is 10.6. The number of carbonyl (C=O) groups excluding carboxylic acids is 2. The topological polar surface area (TPSA) is 80.2 Å². The first-order valence-corrected chi connectivity index (χ1v) is 10.1. The molecule has 3 rings (SSSR count). The third-order valence-corrected chi connectivity index (χ3v) is 5.51. The maximum absolute atomic E-state index is 12.7. The molecule has 1 unspecified atom stereocenters. The number of hydrogen-bond donors (Lipinski definition) is 1. The summed E-state index contributed by atoms with van der Waals surface area (Å²) in [6, 6.07) is 14.4. The van der Waals surface area contributed by atoms with E-state index in [9.17, 15) is 9.59 Å². The molecule has 152 valence electrons. The number of anilines is 1. The van der Waals surface area contributed by atoms with Crippen molar-refractivity contribution in [1.82, 2.24) is 4.90 Å². The lowest BCUT2D eigenvalue weighted by molar-refractivity contribution is -0.128. The van der Waals surface area contributed by atoms with Crippen molar-refractivity contribution in [3.63, 3.8) is 0 Å². The standard InChI is InChI=1S/C21H23N3O4S/c1-4-28-16-10-8-14(9-11-16)23-21-24(2)19(25)13-18(29-21)20(26)22-15-6-5-7-17(12-15)27-3/h5-12,18H,4,13H2,1-3H3,(H,22,26). The van der Waals surface area contributed by atoms with Gasteiger partial charge in [-0.05, 0) is 43.3 Å². The van der Waals surface area contributed by atoms with Crippen LogP contribution < -0.4 is 14.8 Å². The van der Waals surface area contributed by atoms with Crippen LogP contribution in [0.25, 0.3) is 0 Å². The van der Waals surface area contributed by atoms with Gasteiger partial charge in [0.15, 0.2) is 5.17 Å². The predicted molar refractivity (Wildman–Crippen MR) is 115 cm³/mol. The molecule has 0 bridgehead atoms. The fraction of sp³-hybridized carbons (Fsp3) is 0.286. The molecule has 2 aromatic carbocycles. The van der Waals surface area contributed by atoms with Crippen molar-refractivity contribution in [2.75, 3.05) is 26.1 Å². The lowest BCUT2D eigenvalue weighted by Gasteiger charge is -2.28. The second-order valence-corrected chi connectivity index (χ2v) is 7.48. The molecule has 0 radical (unpaired) electrons. The number of nitrogens with zero attached hydrogens (tertiary/aromatic N) is 2. The Morgan fingerprint density at radius 2 is 2.00 bits per heavy atom. The van der Waals surface area contributed by atoms with Crippen LogP contribution in [-0.2, 0) is 9.59 Å². The molecule has 1 heterocycles. The van der Waals surface area contributed by atoms with Gasteiger partial charge in [0.1, 0.15) is 16.7 Å². The lowest BCUT2D eigenvalue weighted by atomic mass is 10.2. The summed E-state index contributed by atoms with van der Waals surface area (Å²) in [7, 11) is 3.23. The molecule has 1 saturated heterocycles. The molecule has 0 saturated carbocycles. The fourth-order valence-electron chi connectivity index (χ4n) is 2.72. The highest BCUT2D eigenvalue weighted by Gasteiger charge is 2.34. The van der Waals surface area contributed by atoms with Crippen LogP contribution in [0.15, 0.2) is 53.5 Å². The first-order valence-electron chi connectivity index (χ1n) is 9.20. The Morgan fingerprint density at radius 1 is 1.24 bits per heavy atom. The average Bonchev–Trinajstić information content (AvgIpc) is 2.73. The highest BCUT2D eigenvalue weighted by molar-refractivity contribution is 8.15. The Kier molecular flexibility index (Phi) is 6.77. The molecule has 1 aliphatic heterocycles. The van der Waals surface area contributed by atoms with Gasteiger partial charge in [0.05, 0.1) is 19.4 Å². The summed E-state index contributed by atoms with van der Waals surface area (Å²) in [6.07, 6.45) is 0.110. The molecule has 0 aromatic heterocycles.